The Morgan fingerprint density at radius 2 is 1.77 bits per heavy atom. The summed E-state index contributed by atoms with van der Waals surface area (Å²) in [7, 11) is 0. The first-order valence-electron chi connectivity index (χ1n) is 8.45. The summed E-state index contributed by atoms with van der Waals surface area (Å²) in [5, 5.41) is 11.7. The second kappa shape index (κ2) is 8.99. The number of nitrogens with zero attached hydrogens (tertiary/aromatic N) is 1. The van der Waals surface area contributed by atoms with Gasteiger partial charge in [-0.05, 0) is 29.7 Å². The highest BCUT2D eigenvalue weighted by molar-refractivity contribution is 5.87. The molecule has 0 radical (unpaired) electrons. The predicted molar refractivity (Wildman–Crippen MR) is 97.3 cm³/mol. The zero-order valence-corrected chi connectivity index (χ0v) is 14.9. The van der Waals surface area contributed by atoms with Gasteiger partial charge >= 0.3 is 12.0 Å². The van der Waals surface area contributed by atoms with E-state index in [2.05, 4.69) is 5.32 Å². The number of hydrogen-bond acceptors (Lipinski definition) is 2. The van der Waals surface area contributed by atoms with E-state index in [1.807, 2.05) is 13.8 Å². The van der Waals surface area contributed by atoms with Crippen LogP contribution in [0.25, 0.3) is 0 Å². The molecule has 0 aliphatic rings. The molecule has 2 aromatic rings. The zero-order valence-electron chi connectivity index (χ0n) is 14.9. The Hall–Kier alpha value is -2.89. The molecule has 2 N–H and O–H groups in total. The normalized spacial score (nSPS) is 10.6. The van der Waals surface area contributed by atoms with Crippen molar-refractivity contribution >= 4 is 12.0 Å². The molecule has 0 atom stereocenters. The number of halogens is 1. The van der Waals surface area contributed by atoms with Crippen LogP contribution in [0.2, 0.25) is 0 Å². The fourth-order valence-electron chi connectivity index (χ4n) is 2.55. The van der Waals surface area contributed by atoms with Crippen molar-refractivity contribution in [3.8, 4) is 0 Å². The fourth-order valence-corrected chi connectivity index (χ4v) is 2.55. The lowest BCUT2D eigenvalue weighted by Crippen LogP contribution is -2.41. The summed E-state index contributed by atoms with van der Waals surface area (Å²) < 4.78 is 13.9. The molecular formula is C20H23FN2O3. The van der Waals surface area contributed by atoms with Gasteiger partial charge in [-0.15, -0.1) is 0 Å². The Labute approximate surface area is 152 Å². The van der Waals surface area contributed by atoms with Crippen LogP contribution >= 0.6 is 0 Å². The molecule has 138 valence electrons. The van der Waals surface area contributed by atoms with E-state index in [1.54, 1.807) is 35.2 Å². The van der Waals surface area contributed by atoms with Crippen molar-refractivity contribution in [2.24, 2.45) is 5.92 Å². The maximum absolute atomic E-state index is 13.9. The maximum Gasteiger partial charge on any atom is 0.335 e. The number of benzene rings is 2. The van der Waals surface area contributed by atoms with Gasteiger partial charge in [-0.25, -0.2) is 14.0 Å². The molecule has 26 heavy (non-hydrogen) atoms. The lowest BCUT2D eigenvalue weighted by Gasteiger charge is -2.25. The summed E-state index contributed by atoms with van der Waals surface area (Å²) in [4.78, 5) is 25.0. The number of hydrogen-bond donors (Lipinski definition) is 2. The smallest absolute Gasteiger partial charge is 0.335 e. The Bertz CT molecular complexity index is 760. The fraction of sp³-hybridized carbons (Fsp3) is 0.300. The van der Waals surface area contributed by atoms with Gasteiger partial charge in [-0.2, -0.15) is 0 Å². The summed E-state index contributed by atoms with van der Waals surface area (Å²) in [5.41, 5.74) is 1.45. The second-order valence-electron chi connectivity index (χ2n) is 6.53. The van der Waals surface area contributed by atoms with Crippen molar-refractivity contribution in [2.45, 2.75) is 26.9 Å². The number of urea groups is 1. The summed E-state index contributed by atoms with van der Waals surface area (Å²) in [6, 6.07) is 12.4. The third kappa shape index (κ3) is 5.58. The molecule has 0 fully saturated rings. The van der Waals surface area contributed by atoms with Crippen molar-refractivity contribution in [3.05, 3.63) is 71.0 Å². The molecule has 0 saturated carbocycles. The molecule has 0 aliphatic carbocycles. The molecule has 2 rings (SSSR count). The molecule has 0 bridgehead atoms. The van der Waals surface area contributed by atoms with Crippen LogP contribution in [0.3, 0.4) is 0 Å². The van der Waals surface area contributed by atoms with Crippen molar-refractivity contribution in [1.82, 2.24) is 10.2 Å². The molecule has 0 heterocycles. The van der Waals surface area contributed by atoms with Crippen molar-refractivity contribution in [1.29, 1.82) is 0 Å². The third-order valence-corrected chi connectivity index (χ3v) is 3.84. The third-order valence-electron chi connectivity index (χ3n) is 3.84. The van der Waals surface area contributed by atoms with E-state index in [0.717, 1.165) is 5.56 Å². The number of carboxylic acid groups (broad SMARTS) is 1. The van der Waals surface area contributed by atoms with Crippen LogP contribution in [-0.2, 0) is 13.1 Å². The number of carboxylic acids is 1. The Balaban J connectivity index is 2.02. The molecule has 2 aromatic carbocycles. The maximum atomic E-state index is 13.9. The molecule has 2 amide bonds. The van der Waals surface area contributed by atoms with Gasteiger partial charge in [0.05, 0.1) is 12.1 Å². The number of rotatable bonds is 7. The van der Waals surface area contributed by atoms with Crippen LogP contribution in [-0.4, -0.2) is 28.6 Å². The van der Waals surface area contributed by atoms with E-state index < -0.39 is 5.97 Å². The molecule has 0 spiro atoms. The van der Waals surface area contributed by atoms with Gasteiger partial charge in [0, 0.05) is 18.7 Å². The van der Waals surface area contributed by atoms with E-state index in [4.69, 9.17) is 5.11 Å². The van der Waals surface area contributed by atoms with Crippen molar-refractivity contribution in [3.63, 3.8) is 0 Å². The molecule has 0 aliphatic heterocycles. The lowest BCUT2D eigenvalue weighted by molar-refractivity contribution is 0.0697. The quantitative estimate of drug-likeness (QED) is 0.789. The molecular weight excluding hydrogens is 335 g/mol. The molecule has 0 aromatic heterocycles. The Morgan fingerprint density at radius 3 is 2.35 bits per heavy atom. The molecule has 0 saturated heterocycles. The average molecular weight is 358 g/mol. The second-order valence-corrected chi connectivity index (χ2v) is 6.53. The Kier molecular flexibility index (Phi) is 6.72. The highest BCUT2D eigenvalue weighted by Gasteiger charge is 2.17. The summed E-state index contributed by atoms with van der Waals surface area (Å²) in [6.45, 7) is 4.94. The zero-order chi connectivity index (χ0) is 19.1. The predicted octanol–water partition coefficient (Wildman–Crippen LogP) is 3.89. The summed E-state index contributed by atoms with van der Waals surface area (Å²) in [6.07, 6.45) is 0. The monoisotopic (exact) mass is 358 g/mol. The minimum atomic E-state index is -0.992. The number of nitrogens with one attached hydrogen (secondary N) is 1. The number of carbonyl (C=O) groups is 2. The van der Waals surface area contributed by atoms with E-state index >= 15 is 0 Å². The van der Waals surface area contributed by atoms with Crippen LogP contribution in [0.15, 0.2) is 48.5 Å². The van der Waals surface area contributed by atoms with Gasteiger partial charge < -0.3 is 15.3 Å². The van der Waals surface area contributed by atoms with E-state index in [9.17, 15) is 14.0 Å². The van der Waals surface area contributed by atoms with Crippen molar-refractivity contribution in [2.75, 3.05) is 6.54 Å². The topological polar surface area (TPSA) is 69.6 Å². The van der Waals surface area contributed by atoms with Gasteiger partial charge in [0.1, 0.15) is 5.82 Å². The SMILES string of the molecule is CC(C)CN(Cc1ccccc1F)C(=O)NCc1ccc(C(=O)O)cc1. The summed E-state index contributed by atoms with van der Waals surface area (Å²) in [5.74, 6) is -1.09. The van der Waals surface area contributed by atoms with Crippen LogP contribution in [0.4, 0.5) is 9.18 Å². The van der Waals surface area contributed by atoms with E-state index in [1.165, 1.54) is 18.2 Å². The van der Waals surface area contributed by atoms with Crippen molar-refractivity contribution < 1.29 is 19.1 Å². The number of carbonyl (C=O) groups excluding carboxylic acids is 1. The van der Waals surface area contributed by atoms with Crippen LogP contribution < -0.4 is 5.32 Å². The summed E-state index contributed by atoms with van der Waals surface area (Å²) >= 11 is 0. The van der Waals surface area contributed by atoms with Gasteiger partial charge in [0.15, 0.2) is 0 Å². The van der Waals surface area contributed by atoms with Gasteiger partial charge in [0.25, 0.3) is 0 Å². The van der Waals surface area contributed by atoms with Crippen LogP contribution in [0.5, 0.6) is 0 Å². The van der Waals surface area contributed by atoms with Gasteiger partial charge in [-0.1, -0.05) is 44.2 Å². The van der Waals surface area contributed by atoms with Gasteiger partial charge in [0.2, 0.25) is 0 Å². The molecule has 5 nitrogen and oxygen atoms in total. The first-order chi connectivity index (χ1) is 12.4. The first-order valence-corrected chi connectivity index (χ1v) is 8.45. The standard InChI is InChI=1S/C20H23FN2O3/c1-14(2)12-23(13-17-5-3-4-6-18(17)21)20(26)22-11-15-7-9-16(10-8-15)19(24)25/h3-10,14H,11-13H2,1-2H3,(H,22,26)(H,24,25). The highest BCUT2D eigenvalue weighted by atomic mass is 19.1. The van der Waals surface area contributed by atoms with E-state index in [-0.39, 0.29) is 36.4 Å². The minimum absolute atomic E-state index is 0.189. The Morgan fingerprint density at radius 1 is 1.12 bits per heavy atom. The molecule has 0 unspecified atom stereocenters. The number of amides is 2. The lowest BCUT2D eigenvalue weighted by atomic mass is 10.1. The number of aromatic carboxylic acids is 1. The first kappa shape index (κ1) is 19.4. The van der Waals surface area contributed by atoms with E-state index in [0.29, 0.717) is 12.1 Å². The average Bonchev–Trinajstić information content (AvgIpc) is 2.61. The van der Waals surface area contributed by atoms with Crippen LogP contribution in [0.1, 0.15) is 35.3 Å². The van der Waals surface area contributed by atoms with Gasteiger partial charge in [-0.3, -0.25) is 0 Å². The largest absolute Gasteiger partial charge is 0.478 e. The molecule has 6 heteroatoms. The minimum Gasteiger partial charge on any atom is -0.478 e. The highest BCUT2D eigenvalue weighted by Crippen LogP contribution is 2.12. The van der Waals surface area contributed by atoms with Crippen LogP contribution in [0, 0.1) is 11.7 Å².